The van der Waals surface area contributed by atoms with E-state index in [1.807, 2.05) is 0 Å². The van der Waals surface area contributed by atoms with Crippen molar-refractivity contribution in [1.29, 1.82) is 0 Å². The summed E-state index contributed by atoms with van der Waals surface area (Å²) in [7, 11) is 0. The lowest BCUT2D eigenvalue weighted by molar-refractivity contribution is 0.0729. The fourth-order valence-corrected chi connectivity index (χ4v) is 2.17. The largest absolute Gasteiger partial charge is 0.399 e. The fourth-order valence-electron chi connectivity index (χ4n) is 1.24. The number of nitrogen functional groups attached to an aromatic ring is 1. The van der Waals surface area contributed by atoms with Gasteiger partial charge in [0.25, 0.3) is 0 Å². The third kappa shape index (κ3) is 1.27. The molecule has 0 unspecified atom stereocenters. The Morgan fingerprint density at radius 3 is 2.79 bits per heavy atom. The number of hydrogen-bond acceptors (Lipinski definition) is 3. The van der Waals surface area contributed by atoms with E-state index >= 15 is 0 Å². The Morgan fingerprint density at radius 1 is 1.43 bits per heavy atom. The van der Waals surface area contributed by atoms with Crippen LogP contribution in [0.3, 0.4) is 0 Å². The van der Waals surface area contributed by atoms with Crippen molar-refractivity contribution in [3.63, 3.8) is 0 Å². The van der Waals surface area contributed by atoms with Crippen molar-refractivity contribution in [2.75, 3.05) is 5.73 Å². The second-order valence-corrected chi connectivity index (χ2v) is 3.74. The predicted molar refractivity (Wildman–Crippen MR) is 51.8 cm³/mol. The molecule has 0 aliphatic carbocycles. The quantitative estimate of drug-likeness (QED) is 0.741. The summed E-state index contributed by atoms with van der Waals surface area (Å²) < 4.78 is 25.8. The first-order valence-corrected chi connectivity index (χ1v) is 4.60. The topological polar surface area (TPSA) is 48.0 Å². The zero-order valence-electron chi connectivity index (χ0n) is 6.91. The van der Waals surface area contributed by atoms with Crippen molar-refractivity contribution in [3.8, 4) is 0 Å². The number of rotatable bonds is 1. The van der Waals surface area contributed by atoms with E-state index < -0.39 is 11.4 Å². The molecule has 0 saturated heterocycles. The highest BCUT2D eigenvalue weighted by Gasteiger charge is 2.14. The molecule has 1 aromatic heterocycles. The zero-order valence-corrected chi connectivity index (χ0v) is 7.72. The van der Waals surface area contributed by atoms with Gasteiger partial charge in [-0.25, -0.2) is 4.57 Å². The molecule has 6 heteroatoms. The highest BCUT2D eigenvalue weighted by Crippen LogP contribution is 2.23. The van der Waals surface area contributed by atoms with Gasteiger partial charge in [-0.05, 0) is 18.2 Å². The molecule has 3 nitrogen and oxygen atoms in total. The smallest absolute Gasteiger partial charge is 0.322 e. The van der Waals surface area contributed by atoms with Crippen molar-refractivity contribution in [3.05, 3.63) is 27.9 Å². The molecule has 2 aromatic rings. The molecule has 0 saturated carbocycles. The van der Waals surface area contributed by atoms with Crippen LogP contribution in [0.5, 0.6) is 0 Å². The lowest BCUT2D eigenvalue weighted by Crippen LogP contribution is -2.12. The normalized spacial score (nSPS) is 11.4. The molecule has 0 amide bonds. The number of anilines is 1. The van der Waals surface area contributed by atoms with E-state index in [0.29, 0.717) is 15.0 Å². The average molecular weight is 216 g/mol. The molecule has 14 heavy (non-hydrogen) atoms. The number of aromatic nitrogens is 1. The summed E-state index contributed by atoms with van der Waals surface area (Å²) in [6, 6.07) is 4.43. The maximum absolute atomic E-state index is 12.4. The summed E-state index contributed by atoms with van der Waals surface area (Å²) in [5.41, 5.74) is 6.15. The molecule has 0 spiro atoms. The lowest BCUT2D eigenvalue weighted by atomic mass is 10.3. The van der Waals surface area contributed by atoms with Crippen LogP contribution in [0.25, 0.3) is 10.2 Å². The first-order valence-electron chi connectivity index (χ1n) is 3.78. The SMILES string of the molecule is Nc1ccc2c(c1)sc(=O)n2C(F)F. The van der Waals surface area contributed by atoms with Crippen LogP contribution in [0.1, 0.15) is 6.55 Å². The lowest BCUT2D eigenvalue weighted by Gasteiger charge is -2.00. The van der Waals surface area contributed by atoms with Crippen molar-refractivity contribution < 1.29 is 8.78 Å². The highest BCUT2D eigenvalue weighted by atomic mass is 32.1. The van der Waals surface area contributed by atoms with Gasteiger partial charge >= 0.3 is 11.4 Å². The molecule has 0 radical (unpaired) electrons. The van der Waals surface area contributed by atoms with E-state index in [1.165, 1.54) is 18.2 Å². The van der Waals surface area contributed by atoms with E-state index in [2.05, 4.69) is 0 Å². The Morgan fingerprint density at radius 2 is 2.14 bits per heavy atom. The number of halogens is 2. The Balaban J connectivity index is 2.84. The maximum Gasteiger partial charge on any atom is 0.322 e. The van der Waals surface area contributed by atoms with Crippen molar-refractivity contribution in [1.82, 2.24) is 4.57 Å². The Labute approximate surface area is 81.4 Å². The summed E-state index contributed by atoms with van der Waals surface area (Å²) in [5, 5.41) is 0. The first kappa shape index (κ1) is 9.14. The monoisotopic (exact) mass is 216 g/mol. The predicted octanol–water partition coefficient (Wildman–Crippen LogP) is 2.04. The summed E-state index contributed by atoms with van der Waals surface area (Å²) in [6.45, 7) is -2.81. The van der Waals surface area contributed by atoms with Gasteiger partial charge in [-0.15, -0.1) is 0 Å². The van der Waals surface area contributed by atoms with Crippen LogP contribution in [0.4, 0.5) is 14.5 Å². The molecule has 0 fully saturated rings. The van der Waals surface area contributed by atoms with E-state index in [4.69, 9.17) is 5.73 Å². The van der Waals surface area contributed by atoms with E-state index in [1.54, 1.807) is 0 Å². The van der Waals surface area contributed by atoms with Gasteiger partial charge in [0.1, 0.15) is 0 Å². The molecule has 0 aliphatic heterocycles. The minimum Gasteiger partial charge on any atom is -0.399 e. The second-order valence-electron chi connectivity index (χ2n) is 2.74. The molecule has 74 valence electrons. The molecular formula is C8H6F2N2OS. The molecule has 2 N–H and O–H groups in total. The third-order valence-electron chi connectivity index (χ3n) is 1.83. The van der Waals surface area contributed by atoms with Crippen LogP contribution in [0.2, 0.25) is 0 Å². The highest BCUT2D eigenvalue weighted by molar-refractivity contribution is 7.16. The zero-order chi connectivity index (χ0) is 10.3. The van der Waals surface area contributed by atoms with Gasteiger partial charge in [0, 0.05) is 5.69 Å². The molecule has 0 bridgehead atoms. The number of hydrogen-bond donors (Lipinski definition) is 1. The summed E-state index contributed by atoms with van der Waals surface area (Å²) >= 11 is 0.769. The average Bonchev–Trinajstić information content (AvgIpc) is 2.39. The number of thiazole rings is 1. The van der Waals surface area contributed by atoms with Crippen LogP contribution in [-0.4, -0.2) is 4.57 Å². The van der Waals surface area contributed by atoms with E-state index in [-0.39, 0.29) is 5.52 Å². The number of nitrogens with zero attached hydrogens (tertiary/aromatic N) is 1. The minimum atomic E-state index is -2.81. The Bertz CT molecular complexity index is 532. The third-order valence-corrected chi connectivity index (χ3v) is 2.75. The van der Waals surface area contributed by atoms with Crippen LogP contribution >= 0.6 is 11.3 Å². The summed E-state index contributed by atoms with van der Waals surface area (Å²) in [5.74, 6) is 0. The summed E-state index contributed by atoms with van der Waals surface area (Å²) in [4.78, 5) is 10.5. The minimum absolute atomic E-state index is 0.226. The van der Waals surface area contributed by atoms with Crippen LogP contribution in [0.15, 0.2) is 23.0 Å². The van der Waals surface area contributed by atoms with Crippen LogP contribution < -0.4 is 10.6 Å². The molecule has 0 atom stereocenters. The molecule has 0 aliphatic rings. The molecule has 1 heterocycles. The molecular weight excluding hydrogens is 210 g/mol. The standard InChI is InChI=1S/C8H6F2N2OS/c9-7(10)12-5-2-1-4(11)3-6(5)14-8(12)13/h1-3,7H,11H2. The fraction of sp³-hybridized carbons (Fsp3) is 0.125. The maximum atomic E-state index is 12.4. The first-order chi connectivity index (χ1) is 6.59. The van der Waals surface area contributed by atoms with E-state index in [0.717, 1.165) is 11.3 Å². The van der Waals surface area contributed by atoms with Gasteiger partial charge in [0.2, 0.25) is 0 Å². The summed E-state index contributed by atoms with van der Waals surface area (Å²) in [6.07, 6.45) is 0. The van der Waals surface area contributed by atoms with Gasteiger partial charge in [0.15, 0.2) is 0 Å². The van der Waals surface area contributed by atoms with Crippen LogP contribution in [-0.2, 0) is 0 Å². The number of nitrogens with two attached hydrogens (primary N) is 1. The molecule has 1 aromatic carbocycles. The Kier molecular flexibility index (Phi) is 1.99. The van der Waals surface area contributed by atoms with Gasteiger partial charge in [-0.3, -0.25) is 4.79 Å². The van der Waals surface area contributed by atoms with Crippen molar-refractivity contribution in [2.24, 2.45) is 0 Å². The van der Waals surface area contributed by atoms with E-state index in [9.17, 15) is 13.6 Å². The van der Waals surface area contributed by atoms with Gasteiger partial charge in [-0.1, -0.05) is 11.3 Å². The number of benzene rings is 1. The molecule has 2 rings (SSSR count). The van der Waals surface area contributed by atoms with Crippen LogP contribution in [0, 0.1) is 0 Å². The van der Waals surface area contributed by atoms with Gasteiger partial charge in [0.05, 0.1) is 10.2 Å². The van der Waals surface area contributed by atoms with Crippen molar-refractivity contribution >= 4 is 27.2 Å². The second kappa shape index (κ2) is 3.06. The Hall–Kier alpha value is -1.43. The van der Waals surface area contributed by atoms with Crippen molar-refractivity contribution in [2.45, 2.75) is 6.55 Å². The van der Waals surface area contributed by atoms with Gasteiger partial charge < -0.3 is 5.73 Å². The number of alkyl halides is 2. The van der Waals surface area contributed by atoms with Gasteiger partial charge in [-0.2, -0.15) is 8.78 Å². The number of fused-ring (bicyclic) bond motifs is 1.